The Balaban J connectivity index is 1.63. The molecule has 1 saturated heterocycles. The first-order valence-electron chi connectivity index (χ1n) is 12.3. The summed E-state index contributed by atoms with van der Waals surface area (Å²) in [6.07, 6.45) is 12.0. The number of alkyl halides is 2. The normalized spacial score (nSPS) is 24.9. The summed E-state index contributed by atoms with van der Waals surface area (Å²) in [4.78, 5) is 10.7. The fourth-order valence-electron chi connectivity index (χ4n) is 4.63. The number of allylic oxidation sites excluding steroid dienone is 2. The minimum absolute atomic E-state index is 0.0342. The first-order valence-corrected chi connectivity index (χ1v) is 12.3. The smallest absolute Gasteiger partial charge is 0.457 e. The Hall–Kier alpha value is -2.19. The number of aliphatic carboxylic acids is 1. The third-order valence-electron chi connectivity index (χ3n) is 6.39. The van der Waals surface area contributed by atoms with E-state index in [9.17, 15) is 13.6 Å². The molecule has 2 fully saturated rings. The van der Waals surface area contributed by atoms with E-state index in [1.165, 1.54) is 0 Å². The van der Waals surface area contributed by atoms with Gasteiger partial charge in [0.1, 0.15) is 5.75 Å². The van der Waals surface area contributed by atoms with Crippen LogP contribution in [0.2, 0.25) is 6.32 Å². The highest BCUT2D eigenvalue weighted by molar-refractivity contribution is 6.44. The molecule has 34 heavy (non-hydrogen) atoms. The summed E-state index contributed by atoms with van der Waals surface area (Å²) in [6.45, 7) is 1.39. The molecule has 2 aliphatic rings. The second-order valence-corrected chi connectivity index (χ2v) is 9.11. The lowest BCUT2D eigenvalue weighted by atomic mass is 9.80. The minimum Gasteiger partial charge on any atom is -0.487 e. The van der Waals surface area contributed by atoms with E-state index >= 15 is 0 Å². The van der Waals surface area contributed by atoms with Crippen LogP contribution in [0.1, 0.15) is 51.9 Å². The fourth-order valence-corrected chi connectivity index (χ4v) is 4.63. The lowest BCUT2D eigenvalue weighted by Crippen LogP contribution is -2.37. The largest absolute Gasteiger partial charge is 0.487 e. The quantitative estimate of drug-likeness (QED) is 0.198. The molecular formula is C26H35BF2O5. The molecule has 0 aromatic heterocycles. The molecule has 2 bridgehead atoms. The number of carboxylic acids is 1. The summed E-state index contributed by atoms with van der Waals surface area (Å²) in [5, 5.41) is 8.76. The molecule has 0 spiro atoms. The first-order chi connectivity index (χ1) is 16.4. The lowest BCUT2D eigenvalue weighted by molar-refractivity contribution is -0.137. The van der Waals surface area contributed by atoms with Crippen LogP contribution >= 0.6 is 0 Å². The molecule has 1 aliphatic carbocycles. The molecule has 1 saturated carbocycles. The van der Waals surface area contributed by atoms with Gasteiger partial charge < -0.3 is 19.2 Å². The van der Waals surface area contributed by atoms with Gasteiger partial charge in [0.2, 0.25) is 0 Å². The Kier molecular flexibility index (Phi) is 10.1. The maximum absolute atomic E-state index is 14.6. The van der Waals surface area contributed by atoms with Crippen molar-refractivity contribution in [2.45, 2.75) is 76.3 Å². The molecule has 1 aromatic carbocycles. The van der Waals surface area contributed by atoms with Crippen LogP contribution in [-0.4, -0.2) is 42.9 Å². The Bertz CT molecular complexity index is 817. The zero-order valence-corrected chi connectivity index (χ0v) is 19.8. The molecule has 1 aromatic rings. The van der Waals surface area contributed by atoms with Crippen LogP contribution in [0.25, 0.3) is 0 Å². The number of unbranched alkanes of at least 4 members (excludes halogenated alkanes) is 2. The fraction of sp³-hybridized carbons (Fsp3) is 0.577. The van der Waals surface area contributed by atoms with E-state index in [4.69, 9.17) is 19.2 Å². The van der Waals surface area contributed by atoms with Gasteiger partial charge in [0.15, 0.2) is 6.61 Å². The summed E-state index contributed by atoms with van der Waals surface area (Å²) in [7, 11) is -0.286. The average Bonchev–Trinajstić information content (AvgIpc) is 3.06. The van der Waals surface area contributed by atoms with Gasteiger partial charge in [0.25, 0.3) is 5.92 Å². The van der Waals surface area contributed by atoms with Crippen LogP contribution in [0.3, 0.4) is 0 Å². The van der Waals surface area contributed by atoms with Crippen molar-refractivity contribution in [3.8, 4) is 5.75 Å². The summed E-state index contributed by atoms with van der Waals surface area (Å²) < 4.78 is 46.8. The molecule has 1 N–H and O–H groups in total. The van der Waals surface area contributed by atoms with Crippen LogP contribution in [0.15, 0.2) is 54.6 Å². The number of para-hydroxylation sites is 1. The van der Waals surface area contributed by atoms with Crippen molar-refractivity contribution >= 4 is 13.1 Å². The third-order valence-corrected chi connectivity index (χ3v) is 6.39. The van der Waals surface area contributed by atoms with Crippen molar-refractivity contribution < 1.29 is 32.7 Å². The number of ether oxygens (including phenoxy) is 1. The van der Waals surface area contributed by atoms with Gasteiger partial charge >= 0.3 is 13.1 Å². The van der Waals surface area contributed by atoms with E-state index in [2.05, 4.69) is 6.92 Å². The van der Waals surface area contributed by atoms with Crippen LogP contribution < -0.4 is 4.74 Å². The number of halogens is 2. The van der Waals surface area contributed by atoms with Gasteiger partial charge in [0.05, 0.1) is 6.10 Å². The van der Waals surface area contributed by atoms with Crippen LogP contribution in [-0.2, 0) is 14.1 Å². The van der Waals surface area contributed by atoms with E-state index in [-0.39, 0.29) is 37.6 Å². The summed E-state index contributed by atoms with van der Waals surface area (Å²) >= 11 is 0. The van der Waals surface area contributed by atoms with Crippen molar-refractivity contribution in [3.63, 3.8) is 0 Å². The second-order valence-electron chi connectivity index (χ2n) is 9.11. The van der Waals surface area contributed by atoms with Crippen LogP contribution in [0.5, 0.6) is 5.75 Å². The molecule has 0 amide bonds. The number of rotatable bonds is 14. The predicted molar refractivity (Wildman–Crippen MR) is 128 cm³/mol. The highest BCUT2D eigenvalue weighted by Gasteiger charge is 2.49. The molecule has 186 valence electrons. The molecule has 4 atom stereocenters. The number of benzene rings is 1. The van der Waals surface area contributed by atoms with E-state index in [1.807, 2.05) is 12.2 Å². The maximum atomic E-state index is 14.6. The minimum atomic E-state index is -3.10. The Morgan fingerprint density at radius 2 is 1.97 bits per heavy atom. The zero-order valence-electron chi connectivity index (χ0n) is 19.8. The molecule has 5 nitrogen and oxygen atoms in total. The molecular weight excluding hydrogens is 441 g/mol. The molecule has 1 heterocycles. The van der Waals surface area contributed by atoms with Gasteiger partial charge in [-0.1, -0.05) is 56.2 Å². The molecule has 0 unspecified atom stereocenters. The van der Waals surface area contributed by atoms with Gasteiger partial charge in [-0.2, -0.15) is 8.78 Å². The monoisotopic (exact) mass is 476 g/mol. The van der Waals surface area contributed by atoms with E-state index < -0.39 is 18.5 Å². The lowest BCUT2D eigenvalue weighted by Gasteiger charge is -2.27. The predicted octanol–water partition coefficient (Wildman–Crippen LogP) is 6.17. The third kappa shape index (κ3) is 8.24. The standard InChI is InChI=1S/C26H35BF2O5/c1-2-3-17-27-33-23-18-24(34-27)22(21(23)13-9-4-5-10-14-25(30)31)15-16-26(28,29)19-32-20-11-7-6-8-12-20/h4,6-9,11-12,15-16,21-24H,2-3,5,10,13-14,17-19H2,1H3,(H,30,31)/b9-4-,16-15+/t21-,22-,23+,24-/m1/s1. The highest BCUT2D eigenvalue weighted by Crippen LogP contribution is 2.44. The molecule has 0 radical (unpaired) electrons. The second kappa shape index (κ2) is 13.1. The van der Waals surface area contributed by atoms with E-state index in [1.54, 1.807) is 36.4 Å². The SMILES string of the molecule is CCCCB1O[C@H]2C[C@@H](O1)[C@H](/C=C/C(F)(F)COc1ccccc1)[C@H]2C/C=C\CCCC(=O)O. The van der Waals surface area contributed by atoms with Crippen molar-refractivity contribution in [2.24, 2.45) is 11.8 Å². The van der Waals surface area contributed by atoms with Crippen molar-refractivity contribution in [2.75, 3.05) is 6.61 Å². The zero-order chi connectivity index (χ0) is 24.4. The highest BCUT2D eigenvalue weighted by atomic mass is 19.3. The average molecular weight is 476 g/mol. The Labute approximate surface area is 201 Å². The van der Waals surface area contributed by atoms with E-state index in [0.717, 1.165) is 25.2 Å². The number of carbonyl (C=O) groups is 1. The molecule has 8 heteroatoms. The van der Waals surface area contributed by atoms with Crippen molar-refractivity contribution in [1.82, 2.24) is 0 Å². The van der Waals surface area contributed by atoms with Crippen molar-refractivity contribution in [1.29, 1.82) is 0 Å². The van der Waals surface area contributed by atoms with Gasteiger partial charge in [0, 0.05) is 18.4 Å². The van der Waals surface area contributed by atoms with Crippen LogP contribution in [0, 0.1) is 11.8 Å². The van der Waals surface area contributed by atoms with Gasteiger partial charge in [-0.15, -0.1) is 0 Å². The summed E-state index contributed by atoms with van der Waals surface area (Å²) in [5.41, 5.74) is 0. The molecule has 1 aliphatic heterocycles. The number of hydrogen-bond donors (Lipinski definition) is 1. The number of fused-ring (bicyclic) bond motifs is 2. The van der Waals surface area contributed by atoms with Gasteiger partial charge in [-0.05, 0) is 56.1 Å². The number of carboxylic acid groups (broad SMARTS) is 1. The first kappa shape index (κ1) is 26.4. The maximum Gasteiger partial charge on any atom is 0.457 e. The van der Waals surface area contributed by atoms with Gasteiger partial charge in [-0.3, -0.25) is 4.79 Å². The topological polar surface area (TPSA) is 65.0 Å². The van der Waals surface area contributed by atoms with Crippen molar-refractivity contribution in [3.05, 3.63) is 54.6 Å². The number of hydrogen-bond acceptors (Lipinski definition) is 4. The van der Waals surface area contributed by atoms with Crippen LogP contribution in [0.4, 0.5) is 8.78 Å². The summed E-state index contributed by atoms with van der Waals surface area (Å²) in [6, 6.07) is 8.60. The Morgan fingerprint density at radius 3 is 2.71 bits per heavy atom. The van der Waals surface area contributed by atoms with Gasteiger partial charge in [-0.25, -0.2) is 0 Å². The molecule has 3 rings (SSSR count). The summed E-state index contributed by atoms with van der Waals surface area (Å²) in [5.74, 6) is -3.64. The van der Waals surface area contributed by atoms with E-state index in [0.29, 0.717) is 31.4 Å². The Morgan fingerprint density at radius 1 is 1.21 bits per heavy atom.